The van der Waals surface area contributed by atoms with Crippen molar-refractivity contribution in [1.29, 1.82) is 0 Å². The highest BCUT2D eigenvalue weighted by molar-refractivity contribution is 5.95. The summed E-state index contributed by atoms with van der Waals surface area (Å²) in [6.07, 6.45) is 5.98. The number of carboxylic acids is 1. The molecule has 1 aliphatic carbocycles. The largest absolute Gasteiger partial charge is 0.480 e. The van der Waals surface area contributed by atoms with E-state index in [4.69, 9.17) is 0 Å². The maximum atomic E-state index is 12.4. The lowest BCUT2D eigenvalue weighted by molar-refractivity contribution is -0.141. The van der Waals surface area contributed by atoms with Crippen LogP contribution in [0.15, 0.2) is 6.20 Å². The summed E-state index contributed by atoms with van der Waals surface area (Å²) >= 11 is 0. The van der Waals surface area contributed by atoms with Crippen LogP contribution in [-0.2, 0) is 4.79 Å². The van der Waals surface area contributed by atoms with E-state index < -0.39 is 12.0 Å². The average Bonchev–Trinajstić information content (AvgIpc) is 3.05. The summed E-state index contributed by atoms with van der Waals surface area (Å²) in [5, 5.41) is 19.1. The number of aliphatic carboxylic acids is 1. The summed E-state index contributed by atoms with van der Waals surface area (Å²) in [5.74, 6) is -0.938. The van der Waals surface area contributed by atoms with Crippen molar-refractivity contribution in [1.82, 2.24) is 20.3 Å². The number of H-pyrrole nitrogens is 1. The van der Waals surface area contributed by atoms with E-state index in [0.29, 0.717) is 12.3 Å². The number of likely N-dealkylation sites (tertiary alicyclic amines) is 1. The number of hydrogen-bond acceptors (Lipinski definition) is 4. The molecule has 3 unspecified atom stereocenters. The van der Waals surface area contributed by atoms with Gasteiger partial charge in [-0.15, -0.1) is 0 Å². The number of hydrogen-bond donors (Lipinski definition) is 2. The van der Waals surface area contributed by atoms with Crippen molar-refractivity contribution in [3.63, 3.8) is 0 Å². The first kappa shape index (κ1) is 12.1. The second kappa shape index (κ2) is 4.64. The monoisotopic (exact) mass is 264 g/mol. The maximum absolute atomic E-state index is 12.4. The molecule has 2 N–H and O–H groups in total. The highest BCUT2D eigenvalue weighted by Crippen LogP contribution is 2.40. The average molecular weight is 264 g/mol. The first-order valence-corrected chi connectivity index (χ1v) is 6.59. The second-order valence-corrected chi connectivity index (χ2v) is 5.27. The van der Waals surface area contributed by atoms with Crippen LogP contribution >= 0.6 is 0 Å². The molecule has 1 aliphatic heterocycles. The third kappa shape index (κ3) is 1.98. The number of nitrogens with zero attached hydrogens (tertiary/aromatic N) is 3. The summed E-state index contributed by atoms with van der Waals surface area (Å²) in [5.41, 5.74) is 0.192. The molecule has 2 aliphatic rings. The fourth-order valence-electron chi connectivity index (χ4n) is 3.41. The van der Waals surface area contributed by atoms with Gasteiger partial charge in [0, 0.05) is 6.04 Å². The summed E-state index contributed by atoms with van der Waals surface area (Å²) in [6.45, 7) is 0. The minimum absolute atomic E-state index is 0.0408. The van der Waals surface area contributed by atoms with Crippen LogP contribution in [0.5, 0.6) is 0 Å². The summed E-state index contributed by atoms with van der Waals surface area (Å²) in [7, 11) is 0. The van der Waals surface area contributed by atoms with Crippen molar-refractivity contribution in [3.8, 4) is 0 Å². The molecule has 3 atom stereocenters. The van der Waals surface area contributed by atoms with Crippen molar-refractivity contribution in [3.05, 3.63) is 11.9 Å². The van der Waals surface area contributed by atoms with Crippen molar-refractivity contribution >= 4 is 11.9 Å². The zero-order valence-corrected chi connectivity index (χ0v) is 10.5. The normalized spacial score (nSPS) is 30.1. The van der Waals surface area contributed by atoms with Crippen LogP contribution in [0, 0.1) is 5.92 Å². The predicted molar refractivity (Wildman–Crippen MR) is 64.3 cm³/mol. The van der Waals surface area contributed by atoms with E-state index in [9.17, 15) is 14.7 Å². The molecular weight excluding hydrogens is 248 g/mol. The van der Waals surface area contributed by atoms with Crippen molar-refractivity contribution < 1.29 is 14.7 Å². The Bertz CT molecular complexity index is 487. The van der Waals surface area contributed by atoms with Gasteiger partial charge in [0.1, 0.15) is 6.04 Å². The van der Waals surface area contributed by atoms with Crippen LogP contribution in [0.25, 0.3) is 0 Å². The second-order valence-electron chi connectivity index (χ2n) is 5.27. The van der Waals surface area contributed by atoms with Crippen molar-refractivity contribution in [2.45, 2.75) is 44.2 Å². The van der Waals surface area contributed by atoms with E-state index in [2.05, 4.69) is 15.4 Å². The highest BCUT2D eigenvalue weighted by Gasteiger charge is 2.48. The number of aromatic nitrogens is 3. The predicted octanol–water partition coefficient (Wildman–Crippen LogP) is 0.663. The topological polar surface area (TPSA) is 99.2 Å². The SMILES string of the molecule is O=C(O)C1CC2CCCCC2N1C(=O)c1cn[nH]n1. The molecule has 1 saturated carbocycles. The lowest BCUT2D eigenvalue weighted by Gasteiger charge is -2.32. The van der Waals surface area contributed by atoms with E-state index in [1.165, 1.54) is 11.1 Å². The van der Waals surface area contributed by atoms with E-state index in [1.807, 2.05) is 0 Å². The Morgan fingerprint density at radius 3 is 2.84 bits per heavy atom. The Labute approximate surface area is 110 Å². The van der Waals surface area contributed by atoms with Gasteiger partial charge in [0.25, 0.3) is 5.91 Å². The zero-order valence-electron chi connectivity index (χ0n) is 10.5. The van der Waals surface area contributed by atoms with E-state index in [0.717, 1.165) is 25.7 Å². The first-order valence-electron chi connectivity index (χ1n) is 6.59. The number of carbonyl (C=O) groups excluding carboxylic acids is 1. The summed E-state index contributed by atoms with van der Waals surface area (Å²) in [4.78, 5) is 25.3. The lowest BCUT2D eigenvalue weighted by atomic mass is 9.84. The van der Waals surface area contributed by atoms with E-state index in [-0.39, 0.29) is 17.6 Å². The molecule has 0 radical (unpaired) electrons. The van der Waals surface area contributed by atoms with E-state index >= 15 is 0 Å². The molecule has 7 heteroatoms. The van der Waals surface area contributed by atoms with Gasteiger partial charge in [0.05, 0.1) is 6.20 Å². The Morgan fingerprint density at radius 2 is 2.16 bits per heavy atom. The Morgan fingerprint density at radius 1 is 1.37 bits per heavy atom. The minimum atomic E-state index is -0.925. The van der Waals surface area contributed by atoms with Gasteiger partial charge in [0.15, 0.2) is 5.69 Å². The molecule has 1 aromatic heterocycles. The zero-order chi connectivity index (χ0) is 13.4. The number of carboxylic acid groups (broad SMARTS) is 1. The van der Waals surface area contributed by atoms with Gasteiger partial charge in [-0.25, -0.2) is 4.79 Å². The van der Waals surface area contributed by atoms with E-state index in [1.54, 1.807) is 0 Å². The molecule has 2 heterocycles. The molecule has 2 fully saturated rings. The number of amides is 1. The number of fused-ring (bicyclic) bond motifs is 1. The molecule has 19 heavy (non-hydrogen) atoms. The van der Waals surface area contributed by atoms with Crippen LogP contribution in [0.2, 0.25) is 0 Å². The molecular formula is C12H16N4O3. The van der Waals surface area contributed by atoms with Crippen LogP contribution in [0.1, 0.15) is 42.6 Å². The van der Waals surface area contributed by atoms with Gasteiger partial charge < -0.3 is 10.0 Å². The number of nitrogens with one attached hydrogen (secondary N) is 1. The molecule has 1 aromatic rings. The lowest BCUT2D eigenvalue weighted by Crippen LogP contribution is -2.46. The van der Waals surface area contributed by atoms with Gasteiger partial charge in [-0.1, -0.05) is 12.8 Å². The van der Waals surface area contributed by atoms with Crippen LogP contribution in [-0.4, -0.2) is 49.4 Å². The molecule has 3 rings (SSSR count). The third-order valence-corrected chi connectivity index (χ3v) is 4.24. The van der Waals surface area contributed by atoms with Gasteiger partial charge in [0.2, 0.25) is 0 Å². The Hall–Kier alpha value is -1.92. The minimum Gasteiger partial charge on any atom is -0.480 e. The number of aromatic amines is 1. The molecule has 0 aromatic carbocycles. The van der Waals surface area contributed by atoms with Crippen molar-refractivity contribution in [2.24, 2.45) is 5.92 Å². The fourth-order valence-corrected chi connectivity index (χ4v) is 3.41. The van der Waals surface area contributed by atoms with Gasteiger partial charge in [-0.05, 0) is 25.2 Å². The smallest absolute Gasteiger partial charge is 0.326 e. The van der Waals surface area contributed by atoms with Crippen LogP contribution < -0.4 is 0 Å². The van der Waals surface area contributed by atoms with Crippen LogP contribution in [0.4, 0.5) is 0 Å². The molecule has 1 amide bonds. The molecule has 7 nitrogen and oxygen atoms in total. The Kier molecular flexibility index (Phi) is 2.96. The maximum Gasteiger partial charge on any atom is 0.326 e. The molecule has 102 valence electrons. The Balaban J connectivity index is 1.90. The third-order valence-electron chi connectivity index (χ3n) is 4.24. The summed E-state index contributed by atoms with van der Waals surface area (Å²) < 4.78 is 0. The quantitative estimate of drug-likeness (QED) is 0.817. The molecule has 0 spiro atoms. The first-order chi connectivity index (χ1) is 9.18. The van der Waals surface area contributed by atoms with Gasteiger partial charge in [-0.2, -0.15) is 15.4 Å². The van der Waals surface area contributed by atoms with Crippen LogP contribution in [0.3, 0.4) is 0 Å². The summed E-state index contributed by atoms with van der Waals surface area (Å²) in [6, 6.07) is -0.684. The highest BCUT2D eigenvalue weighted by atomic mass is 16.4. The van der Waals surface area contributed by atoms with Gasteiger partial charge in [-0.3, -0.25) is 4.79 Å². The molecule has 1 saturated heterocycles. The van der Waals surface area contributed by atoms with Crippen molar-refractivity contribution in [2.75, 3.05) is 0 Å². The number of carbonyl (C=O) groups is 2. The fraction of sp³-hybridized carbons (Fsp3) is 0.667. The molecule has 0 bridgehead atoms. The standard InChI is InChI=1S/C12H16N4O3/c17-11(8-6-13-15-14-8)16-9-4-2-1-3-7(9)5-10(16)12(18)19/h6-7,9-10H,1-5H2,(H,18,19)(H,13,14,15). The van der Waals surface area contributed by atoms with Gasteiger partial charge >= 0.3 is 5.97 Å². The number of rotatable bonds is 2.